The summed E-state index contributed by atoms with van der Waals surface area (Å²) in [5, 5.41) is 3.47. The van der Waals surface area contributed by atoms with Crippen LogP contribution in [0.15, 0.2) is 18.2 Å². The molecule has 126 valence electrons. The van der Waals surface area contributed by atoms with Crippen LogP contribution in [0.2, 0.25) is 0 Å². The van der Waals surface area contributed by atoms with E-state index in [-0.39, 0.29) is 24.4 Å². The Kier molecular flexibility index (Phi) is 6.29. The topological polar surface area (TPSA) is 54.5 Å². The molecule has 1 aromatic heterocycles. The smallest absolute Gasteiger partial charge is 0.239 e. The molecule has 1 aromatic carbocycles. The van der Waals surface area contributed by atoms with Crippen LogP contribution in [-0.4, -0.2) is 43.7 Å². The van der Waals surface area contributed by atoms with Gasteiger partial charge in [-0.05, 0) is 32.4 Å². The fourth-order valence-electron chi connectivity index (χ4n) is 2.02. The lowest BCUT2D eigenvalue weighted by atomic mass is 10.3. The third-order valence-corrected chi connectivity index (χ3v) is 4.30. The summed E-state index contributed by atoms with van der Waals surface area (Å²) in [6.07, 6.45) is 0.983. The molecule has 2 aromatic rings. The summed E-state index contributed by atoms with van der Waals surface area (Å²) in [4.78, 5) is 17.9. The lowest BCUT2D eigenvalue weighted by molar-refractivity contribution is -0.119. The lowest BCUT2D eigenvalue weighted by Crippen LogP contribution is -2.35. The van der Waals surface area contributed by atoms with Gasteiger partial charge in [-0.1, -0.05) is 17.4 Å². The van der Waals surface area contributed by atoms with Gasteiger partial charge < -0.3 is 15.0 Å². The second-order valence-corrected chi connectivity index (χ2v) is 6.57. The van der Waals surface area contributed by atoms with E-state index in [0.717, 1.165) is 11.1 Å². The average molecular weight is 339 g/mol. The van der Waals surface area contributed by atoms with Crippen molar-refractivity contribution in [3.05, 3.63) is 24.0 Å². The summed E-state index contributed by atoms with van der Waals surface area (Å²) in [6, 6.07) is 4.87. The molecule has 1 heterocycles. The number of halogens is 1. The van der Waals surface area contributed by atoms with Gasteiger partial charge >= 0.3 is 0 Å². The highest BCUT2D eigenvalue weighted by Gasteiger charge is 2.13. The van der Waals surface area contributed by atoms with E-state index in [1.165, 1.54) is 17.4 Å². The predicted molar refractivity (Wildman–Crippen MR) is 91.6 cm³/mol. The van der Waals surface area contributed by atoms with E-state index in [1.807, 2.05) is 19.9 Å². The Hall–Kier alpha value is -1.73. The number of amides is 1. The quantitative estimate of drug-likeness (QED) is 0.752. The van der Waals surface area contributed by atoms with Crippen molar-refractivity contribution in [2.75, 3.05) is 31.6 Å². The lowest BCUT2D eigenvalue weighted by Gasteiger charge is -2.15. The average Bonchev–Trinajstić information content (AvgIpc) is 2.92. The van der Waals surface area contributed by atoms with Gasteiger partial charge in [0.1, 0.15) is 11.3 Å². The maximum Gasteiger partial charge on any atom is 0.239 e. The second-order valence-electron chi connectivity index (χ2n) is 5.56. The number of fused-ring (bicyclic) bond motifs is 1. The molecule has 1 amide bonds. The number of hydrogen-bond donors (Lipinski definition) is 1. The number of aromatic nitrogens is 1. The molecule has 2 rings (SSSR count). The highest BCUT2D eigenvalue weighted by atomic mass is 32.1. The Labute approximate surface area is 139 Å². The van der Waals surface area contributed by atoms with Crippen LogP contribution in [0.5, 0.6) is 0 Å². The molecule has 0 atom stereocenters. The number of ether oxygens (including phenoxy) is 1. The molecule has 0 fully saturated rings. The molecule has 1 N–H and O–H groups in total. The molecule has 0 aliphatic rings. The van der Waals surface area contributed by atoms with Crippen LogP contribution < -0.4 is 10.2 Å². The number of likely N-dealkylation sites (N-methyl/N-ethyl adjacent to an activating group) is 1. The molecule has 0 saturated heterocycles. The van der Waals surface area contributed by atoms with Crippen molar-refractivity contribution in [2.24, 2.45) is 0 Å². The zero-order valence-electron chi connectivity index (χ0n) is 13.6. The monoisotopic (exact) mass is 339 g/mol. The SMILES string of the molecule is CC(C)OCCCNC(=O)CN(C)c1nc2c(F)cccc2s1. The number of benzene rings is 1. The number of para-hydroxylation sites is 1. The van der Waals surface area contributed by atoms with Gasteiger partial charge in [0.05, 0.1) is 17.3 Å². The Morgan fingerprint density at radius 2 is 2.26 bits per heavy atom. The third-order valence-electron chi connectivity index (χ3n) is 3.16. The van der Waals surface area contributed by atoms with Crippen LogP contribution in [0.25, 0.3) is 10.2 Å². The van der Waals surface area contributed by atoms with Crippen molar-refractivity contribution < 1.29 is 13.9 Å². The van der Waals surface area contributed by atoms with E-state index in [4.69, 9.17) is 4.74 Å². The minimum Gasteiger partial charge on any atom is -0.379 e. The molecule has 0 bridgehead atoms. The first-order chi connectivity index (χ1) is 11.0. The summed E-state index contributed by atoms with van der Waals surface area (Å²) in [5.41, 5.74) is 0.352. The molecule has 0 radical (unpaired) electrons. The zero-order valence-corrected chi connectivity index (χ0v) is 14.5. The first kappa shape index (κ1) is 17.6. The van der Waals surface area contributed by atoms with Gasteiger partial charge in [-0.2, -0.15) is 0 Å². The van der Waals surface area contributed by atoms with Gasteiger partial charge in [0.15, 0.2) is 5.13 Å². The molecule has 0 saturated carbocycles. The van der Waals surface area contributed by atoms with Crippen LogP contribution >= 0.6 is 11.3 Å². The maximum atomic E-state index is 13.7. The summed E-state index contributed by atoms with van der Waals surface area (Å²) in [6.45, 7) is 5.36. The van der Waals surface area contributed by atoms with Gasteiger partial charge in [-0.3, -0.25) is 4.79 Å². The summed E-state index contributed by atoms with van der Waals surface area (Å²) in [5.74, 6) is -0.426. The Morgan fingerprint density at radius 3 is 2.96 bits per heavy atom. The van der Waals surface area contributed by atoms with E-state index in [1.54, 1.807) is 18.0 Å². The van der Waals surface area contributed by atoms with Gasteiger partial charge in [0.25, 0.3) is 0 Å². The zero-order chi connectivity index (χ0) is 16.8. The van der Waals surface area contributed by atoms with Crippen LogP contribution in [0.3, 0.4) is 0 Å². The minimum absolute atomic E-state index is 0.0863. The molecule has 0 aliphatic carbocycles. The summed E-state index contributed by atoms with van der Waals surface area (Å²) in [7, 11) is 1.77. The molecular weight excluding hydrogens is 317 g/mol. The Bertz CT molecular complexity index is 660. The standard InChI is InChI=1S/C16H22FN3O2S/c1-11(2)22-9-5-8-18-14(21)10-20(3)16-19-15-12(17)6-4-7-13(15)23-16/h4,6-7,11H,5,8-10H2,1-3H3,(H,18,21). The third kappa shape index (κ3) is 5.14. The van der Waals surface area contributed by atoms with Gasteiger partial charge in [0.2, 0.25) is 5.91 Å². The van der Waals surface area contributed by atoms with Crippen LogP contribution in [-0.2, 0) is 9.53 Å². The Morgan fingerprint density at radius 1 is 1.48 bits per heavy atom. The van der Waals surface area contributed by atoms with Gasteiger partial charge in [-0.15, -0.1) is 0 Å². The molecule has 0 aliphatic heterocycles. The van der Waals surface area contributed by atoms with Crippen molar-refractivity contribution in [1.29, 1.82) is 0 Å². The first-order valence-corrected chi connectivity index (χ1v) is 8.43. The number of thiazole rings is 1. The number of hydrogen-bond acceptors (Lipinski definition) is 5. The van der Waals surface area contributed by atoms with Crippen molar-refractivity contribution in [3.63, 3.8) is 0 Å². The van der Waals surface area contributed by atoms with Crippen LogP contribution in [0, 0.1) is 5.82 Å². The number of anilines is 1. The number of nitrogens with zero attached hydrogens (tertiary/aromatic N) is 2. The van der Waals surface area contributed by atoms with E-state index in [2.05, 4.69) is 10.3 Å². The van der Waals surface area contributed by atoms with Gasteiger partial charge in [-0.25, -0.2) is 9.37 Å². The molecule has 7 heteroatoms. The number of carbonyl (C=O) groups is 1. The normalized spacial score (nSPS) is 11.2. The fraction of sp³-hybridized carbons (Fsp3) is 0.500. The fourth-order valence-corrected chi connectivity index (χ4v) is 2.96. The minimum atomic E-state index is -0.340. The van der Waals surface area contributed by atoms with E-state index in [0.29, 0.717) is 23.8 Å². The van der Waals surface area contributed by atoms with Crippen molar-refractivity contribution in [2.45, 2.75) is 26.4 Å². The summed E-state index contributed by atoms with van der Waals surface area (Å²) >= 11 is 1.37. The number of nitrogens with one attached hydrogen (secondary N) is 1. The number of rotatable bonds is 8. The molecule has 23 heavy (non-hydrogen) atoms. The van der Waals surface area contributed by atoms with E-state index >= 15 is 0 Å². The number of carbonyl (C=O) groups excluding carboxylic acids is 1. The van der Waals surface area contributed by atoms with Crippen LogP contribution in [0.1, 0.15) is 20.3 Å². The highest BCUT2D eigenvalue weighted by Crippen LogP contribution is 2.29. The van der Waals surface area contributed by atoms with Crippen molar-refractivity contribution in [3.8, 4) is 0 Å². The Balaban J connectivity index is 1.82. The molecule has 0 unspecified atom stereocenters. The first-order valence-electron chi connectivity index (χ1n) is 7.62. The maximum absolute atomic E-state index is 13.7. The van der Waals surface area contributed by atoms with Crippen LogP contribution in [0.4, 0.5) is 9.52 Å². The van der Waals surface area contributed by atoms with E-state index in [9.17, 15) is 9.18 Å². The van der Waals surface area contributed by atoms with Crippen molar-refractivity contribution in [1.82, 2.24) is 10.3 Å². The largest absolute Gasteiger partial charge is 0.379 e. The second kappa shape index (κ2) is 8.21. The molecule has 0 spiro atoms. The predicted octanol–water partition coefficient (Wildman–Crippen LogP) is 2.80. The molecule has 5 nitrogen and oxygen atoms in total. The van der Waals surface area contributed by atoms with Gasteiger partial charge in [0, 0.05) is 20.2 Å². The van der Waals surface area contributed by atoms with Crippen molar-refractivity contribution >= 4 is 32.6 Å². The molecular formula is C16H22FN3O2S. The summed E-state index contributed by atoms with van der Waals surface area (Å²) < 4.78 is 19.8. The van der Waals surface area contributed by atoms with E-state index < -0.39 is 0 Å². The highest BCUT2D eigenvalue weighted by molar-refractivity contribution is 7.22.